The molecule has 6 heteroatoms. The van der Waals surface area contributed by atoms with Crippen molar-refractivity contribution in [1.29, 1.82) is 0 Å². The van der Waals surface area contributed by atoms with Gasteiger partial charge in [-0.15, -0.1) is 0 Å². The molecule has 0 spiro atoms. The number of nitrogens with zero attached hydrogens (tertiary/aromatic N) is 4. The molecule has 3 heterocycles. The number of carbonyl (C=O) groups excluding carboxylic acids is 1. The van der Waals surface area contributed by atoms with Crippen LogP contribution in [0.4, 0.5) is 0 Å². The molecule has 1 amide bonds. The van der Waals surface area contributed by atoms with Crippen LogP contribution in [0.1, 0.15) is 5.82 Å². The molecule has 2 aliphatic heterocycles. The summed E-state index contributed by atoms with van der Waals surface area (Å²) in [5.74, 6) is 2.01. The zero-order valence-electron chi connectivity index (χ0n) is 12.2. The smallest absolute Gasteiger partial charge is 0.227 e. The van der Waals surface area contributed by atoms with Gasteiger partial charge in [-0.25, -0.2) is 4.98 Å². The number of amides is 1. The summed E-state index contributed by atoms with van der Waals surface area (Å²) in [4.78, 5) is 21.0. The average Bonchev–Trinajstić information content (AvgIpc) is 3.07. The van der Waals surface area contributed by atoms with Gasteiger partial charge in [0.15, 0.2) is 0 Å². The number of likely N-dealkylation sites (tertiary alicyclic amines) is 2. The van der Waals surface area contributed by atoms with E-state index in [1.54, 1.807) is 7.11 Å². The lowest BCUT2D eigenvalue weighted by molar-refractivity contribution is -0.131. The van der Waals surface area contributed by atoms with Crippen molar-refractivity contribution in [3.05, 3.63) is 18.2 Å². The summed E-state index contributed by atoms with van der Waals surface area (Å²) >= 11 is 0. The monoisotopic (exact) mass is 278 g/mol. The van der Waals surface area contributed by atoms with Gasteiger partial charge >= 0.3 is 0 Å². The van der Waals surface area contributed by atoms with E-state index in [9.17, 15) is 4.79 Å². The van der Waals surface area contributed by atoms with Crippen LogP contribution in [-0.4, -0.2) is 65.2 Å². The molecule has 0 unspecified atom stereocenters. The molecule has 0 bridgehead atoms. The molecule has 110 valence electrons. The predicted octanol–water partition coefficient (Wildman–Crippen LogP) is -0.0433. The predicted molar refractivity (Wildman–Crippen MR) is 73.9 cm³/mol. The van der Waals surface area contributed by atoms with Crippen molar-refractivity contribution in [2.75, 3.05) is 39.9 Å². The van der Waals surface area contributed by atoms with Crippen LogP contribution >= 0.6 is 0 Å². The molecule has 0 aliphatic carbocycles. The first-order valence-electron chi connectivity index (χ1n) is 7.15. The third-order valence-electron chi connectivity index (χ3n) is 4.45. The summed E-state index contributed by atoms with van der Waals surface area (Å²) in [5.41, 5.74) is 0. The highest BCUT2D eigenvalue weighted by Crippen LogP contribution is 2.32. The van der Waals surface area contributed by atoms with E-state index in [0.717, 1.165) is 38.5 Å². The van der Waals surface area contributed by atoms with Crippen molar-refractivity contribution in [2.24, 2.45) is 18.9 Å². The van der Waals surface area contributed by atoms with Crippen LogP contribution in [0, 0.1) is 11.8 Å². The molecule has 2 aliphatic rings. The molecule has 2 atom stereocenters. The minimum Gasteiger partial charge on any atom is -0.383 e. The molecule has 1 aromatic rings. The number of imidazole rings is 1. The highest BCUT2D eigenvalue weighted by Gasteiger charge is 2.45. The molecular formula is C14H22N4O2. The lowest BCUT2D eigenvalue weighted by Crippen LogP contribution is -2.34. The van der Waals surface area contributed by atoms with Crippen LogP contribution in [0.25, 0.3) is 0 Å². The van der Waals surface area contributed by atoms with E-state index in [2.05, 4.69) is 9.88 Å². The molecule has 0 radical (unpaired) electrons. The molecule has 6 nitrogen and oxygen atoms in total. The van der Waals surface area contributed by atoms with Crippen LogP contribution in [0.2, 0.25) is 0 Å². The molecule has 0 aromatic carbocycles. The van der Waals surface area contributed by atoms with Gasteiger partial charge in [-0.2, -0.15) is 0 Å². The maximum Gasteiger partial charge on any atom is 0.227 e. The minimum atomic E-state index is 0.173. The van der Waals surface area contributed by atoms with Crippen LogP contribution in [0.3, 0.4) is 0 Å². The van der Waals surface area contributed by atoms with Gasteiger partial charge in [0, 0.05) is 58.6 Å². The van der Waals surface area contributed by atoms with Crippen molar-refractivity contribution in [3.8, 4) is 0 Å². The van der Waals surface area contributed by atoms with Crippen LogP contribution < -0.4 is 0 Å². The Labute approximate surface area is 119 Å². The van der Waals surface area contributed by atoms with Crippen molar-refractivity contribution in [2.45, 2.75) is 6.54 Å². The number of methoxy groups -OCH3 is 1. The second-order valence-electron chi connectivity index (χ2n) is 5.79. The lowest BCUT2D eigenvalue weighted by Gasteiger charge is -2.21. The van der Waals surface area contributed by atoms with E-state index in [1.807, 2.05) is 28.9 Å². The van der Waals surface area contributed by atoms with Gasteiger partial charge in [0.1, 0.15) is 5.82 Å². The minimum absolute atomic E-state index is 0.173. The quantitative estimate of drug-likeness (QED) is 0.758. The van der Waals surface area contributed by atoms with Crippen molar-refractivity contribution >= 4 is 5.91 Å². The van der Waals surface area contributed by atoms with Gasteiger partial charge in [-0.1, -0.05) is 0 Å². The number of aryl methyl sites for hydroxylation is 1. The Bertz CT molecular complexity index is 487. The molecular weight excluding hydrogens is 256 g/mol. The van der Waals surface area contributed by atoms with E-state index in [1.165, 1.54) is 0 Å². The maximum absolute atomic E-state index is 12.3. The van der Waals surface area contributed by atoms with E-state index in [4.69, 9.17) is 4.74 Å². The Kier molecular flexibility index (Phi) is 3.76. The summed E-state index contributed by atoms with van der Waals surface area (Å²) < 4.78 is 7.11. The van der Waals surface area contributed by atoms with Crippen molar-refractivity contribution in [1.82, 2.24) is 19.4 Å². The van der Waals surface area contributed by atoms with Crippen LogP contribution in [0.5, 0.6) is 0 Å². The fourth-order valence-electron chi connectivity index (χ4n) is 3.31. The largest absolute Gasteiger partial charge is 0.383 e. The molecule has 1 aromatic heterocycles. The first kappa shape index (κ1) is 13.6. The fourth-order valence-corrected chi connectivity index (χ4v) is 3.31. The van der Waals surface area contributed by atoms with Gasteiger partial charge in [0.05, 0.1) is 19.1 Å². The van der Waals surface area contributed by atoms with E-state index < -0.39 is 0 Å². The summed E-state index contributed by atoms with van der Waals surface area (Å²) in [6.45, 7) is 4.92. The van der Waals surface area contributed by atoms with E-state index in [-0.39, 0.29) is 5.92 Å². The summed E-state index contributed by atoms with van der Waals surface area (Å²) in [7, 11) is 3.69. The second kappa shape index (κ2) is 5.54. The van der Waals surface area contributed by atoms with E-state index in [0.29, 0.717) is 18.4 Å². The van der Waals surface area contributed by atoms with Gasteiger partial charge in [0.2, 0.25) is 5.91 Å². The first-order valence-corrected chi connectivity index (χ1v) is 7.15. The molecule has 20 heavy (non-hydrogen) atoms. The number of aromatic nitrogens is 2. The van der Waals surface area contributed by atoms with Gasteiger partial charge in [-0.05, 0) is 0 Å². The molecule has 3 rings (SSSR count). The summed E-state index contributed by atoms with van der Waals surface area (Å²) in [6, 6.07) is 0. The summed E-state index contributed by atoms with van der Waals surface area (Å²) in [5, 5.41) is 0. The Morgan fingerprint density at radius 3 is 2.90 bits per heavy atom. The van der Waals surface area contributed by atoms with Crippen molar-refractivity contribution < 1.29 is 9.53 Å². The molecule has 0 saturated carbocycles. The topological polar surface area (TPSA) is 50.6 Å². The Hall–Kier alpha value is -1.40. The lowest BCUT2D eigenvalue weighted by atomic mass is 10.0. The molecule has 2 saturated heterocycles. The summed E-state index contributed by atoms with van der Waals surface area (Å²) in [6.07, 6.45) is 3.79. The Morgan fingerprint density at radius 1 is 1.40 bits per heavy atom. The molecule has 2 fully saturated rings. The van der Waals surface area contributed by atoms with Gasteiger partial charge in [0.25, 0.3) is 0 Å². The number of hydrogen-bond acceptors (Lipinski definition) is 4. The van der Waals surface area contributed by atoms with Gasteiger partial charge < -0.3 is 14.2 Å². The third-order valence-corrected chi connectivity index (χ3v) is 4.45. The zero-order valence-corrected chi connectivity index (χ0v) is 12.2. The number of rotatable bonds is 5. The normalized spacial score (nSPS) is 26.5. The molecule has 0 N–H and O–H groups in total. The average molecular weight is 278 g/mol. The number of hydrogen-bond donors (Lipinski definition) is 0. The highest BCUT2D eigenvalue weighted by atomic mass is 16.5. The number of fused-ring (bicyclic) bond motifs is 1. The Balaban J connectivity index is 1.57. The highest BCUT2D eigenvalue weighted by molar-refractivity contribution is 5.82. The second-order valence-corrected chi connectivity index (χ2v) is 5.79. The maximum atomic E-state index is 12.3. The zero-order chi connectivity index (χ0) is 14.1. The number of ether oxygens (including phenoxy) is 1. The van der Waals surface area contributed by atoms with Gasteiger partial charge in [-0.3, -0.25) is 9.69 Å². The third kappa shape index (κ3) is 2.45. The van der Waals surface area contributed by atoms with E-state index >= 15 is 0 Å². The number of carbonyl (C=O) groups is 1. The first-order chi connectivity index (χ1) is 9.69. The van der Waals surface area contributed by atoms with Crippen molar-refractivity contribution in [3.63, 3.8) is 0 Å². The van der Waals surface area contributed by atoms with Crippen LogP contribution in [0.15, 0.2) is 12.4 Å². The van der Waals surface area contributed by atoms with Crippen LogP contribution in [-0.2, 0) is 23.1 Å². The Morgan fingerprint density at radius 2 is 2.25 bits per heavy atom. The fraction of sp³-hybridized carbons (Fsp3) is 0.714. The SMILES string of the molecule is COCCN1C[C@H]2CN(Cc3nccn3C)C[C@H]2C1=O. The standard InChI is InChI=1S/C14H22N4O2/c1-16-4-3-15-13(16)10-17-7-11-8-18(5-6-20-2)14(19)12(11)9-17/h3-4,11-12H,5-10H2,1-2H3/t11-,12-/m1/s1.